The summed E-state index contributed by atoms with van der Waals surface area (Å²) in [5.74, 6) is -0.268. The Hall–Kier alpha value is -2.26. The summed E-state index contributed by atoms with van der Waals surface area (Å²) in [7, 11) is 3.82. The highest BCUT2D eigenvalue weighted by molar-refractivity contribution is 7.20. The summed E-state index contributed by atoms with van der Waals surface area (Å²) in [6.07, 6.45) is 8.44. The lowest BCUT2D eigenvalue weighted by molar-refractivity contribution is -0.137. The largest absolute Gasteiger partial charge is 0.481 e. The van der Waals surface area contributed by atoms with Crippen LogP contribution in [0.2, 0.25) is 0 Å². The minimum atomic E-state index is -0.718. The van der Waals surface area contributed by atoms with Crippen LogP contribution in [-0.2, 0) is 11.3 Å². The summed E-state index contributed by atoms with van der Waals surface area (Å²) in [6.45, 7) is 2.94. The van der Waals surface area contributed by atoms with Crippen molar-refractivity contribution in [3.8, 4) is 0 Å². The van der Waals surface area contributed by atoms with Gasteiger partial charge in [-0.25, -0.2) is 4.98 Å². The second-order valence-corrected chi connectivity index (χ2v) is 9.21. The number of aryl methyl sites for hydroxylation is 1. The SMILES string of the molecule is Cc1c(C(=O)NCCCCCCCCCCC(=O)O)sc2nc(CN(C)C)[nH]c(=O)c12. The predicted octanol–water partition coefficient (Wildman–Crippen LogP) is 3.68. The van der Waals surface area contributed by atoms with Crippen molar-refractivity contribution in [1.29, 1.82) is 0 Å². The van der Waals surface area contributed by atoms with Crippen molar-refractivity contribution in [2.24, 2.45) is 0 Å². The molecule has 0 spiro atoms. The number of H-pyrrole nitrogens is 1. The second-order valence-electron chi connectivity index (χ2n) is 8.21. The quantitative estimate of drug-likeness (QED) is 0.378. The molecule has 0 aromatic carbocycles. The number of nitrogens with zero attached hydrogens (tertiary/aromatic N) is 2. The molecule has 172 valence electrons. The van der Waals surface area contributed by atoms with Crippen molar-refractivity contribution in [2.75, 3.05) is 20.6 Å². The Labute approximate surface area is 187 Å². The average Bonchev–Trinajstić information content (AvgIpc) is 3.02. The van der Waals surface area contributed by atoms with E-state index in [0.717, 1.165) is 51.4 Å². The molecule has 2 aromatic heterocycles. The van der Waals surface area contributed by atoms with Gasteiger partial charge in [0.25, 0.3) is 11.5 Å². The number of hydrogen-bond acceptors (Lipinski definition) is 6. The molecule has 31 heavy (non-hydrogen) atoms. The van der Waals surface area contributed by atoms with Gasteiger partial charge in [0.2, 0.25) is 0 Å². The van der Waals surface area contributed by atoms with Crippen molar-refractivity contribution >= 4 is 33.4 Å². The van der Waals surface area contributed by atoms with Crippen LogP contribution in [0, 0.1) is 6.92 Å². The van der Waals surface area contributed by atoms with E-state index in [2.05, 4.69) is 15.3 Å². The molecule has 0 bridgehead atoms. The first-order chi connectivity index (χ1) is 14.8. The molecule has 3 N–H and O–H groups in total. The Morgan fingerprint density at radius 2 is 1.68 bits per heavy atom. The third-order valence-corrected chi connectivity index (χ3v) is 6.31. The molecule has 0 aliphatic rings. The van der Waals surface area contributed by atoms with E-state index in [9.17, 15) is 14.4 Å². The van der Waals surface area contributed by atoms with Crippen LogP contribution in [0.5, 0.6) is 0 Å². The van der Waals surface area contributed by atoms with Gasteiger partial charge in [-0.15, -0.1) is 11.3 Å². The van der Waals surface area contributed by atoms with Gasteiger partial charge >= 0.3 is 5.97 Å². The zero-order chi connectivity index (χ0) is 22.8. The number of rotatable bonds is 14. The fourth-order valence-electron chi connectivity index (χ4n) is 3.52. The molecule has 1 amide bonds. The van der Waals surface area contributed by atoms with Crippen molar-refractivity contribution in [1.82, 2.24) is 20.2 Å². The fourth-order valence-corrected chi connectivity index (χ4v) is 4.64. The average molecular weight is 451 g/mol. The summed E-state index contributed by atoms with van der Waals surface area (Å²) >= 11 is 1.27. The van der Waals surface area contributed by atoms with E-state index in [1.165, 1.54) is 11.3 Å². The van der Waals surface area contributed by atoms with Gasteiger partial charge in [-0.05, 0) is 39.4 Å². The molecular formula is C22H34N4O4S. The van der Waals surface area contributed by atoms with E-state index >= 15 is 0 Å². The zero-order valence-electron chi connectivity index (χ0n) is 18.8. The number of nitrogens with one attached hydrogen (secondary N) is 2. The lowest BCUT2D eigenvalue weighted by Gasteiger charge is -2.07. The van der Waals surface area contributed by atoms with Crippen LogP contribution in [0.25, 0.3) is 10.2 Å². The maximum atomic E-state index is 12.6. The van der Waals surface area contributed by atoms with E-state index in [1.54, 1.807) is 6.92 Å². The van der Waals surface area contributed by atoms with Crippen LogP contribution in [0.4, 0.5) is 0 Å². The topological polar surface area (TPSA) is 115 Å². The normalized spacial score (nSPS) is 11.4. The number of carboxylic acid groups (broad SMARTS) is 1. The van der Waals surface area contributed by atoms with Crippen molar-refractivity contribution in [3.63, 3.8) is 0 Å². The minimum absolute atomic E-state index is 0.146. The Morgan fingerprint density at radius 3 is 2.29 bits per heavy atom. The van der Waals surface area contributed by atoms with E-state index in [1.807, 2.05) is 19.0 Å². The lowest BCUT2D eigenvalue weighted by Crippen LogP contribution is -2.24. The highest BCUT2D eigenvalue weighted by Gasteiger charge is 2.19. The summed E-state index contributed by atoms with van der Waals surface area (Å²) in [4.78, 5) is 45.9. The molecule has 2 aromatic rings. The highest BCUT2D eigenvalue weighted by atomic mass is 32.1. The number of fused-ring (bicyclic) bond motifs is 1. The van der Waals surface area contributed by atoms with E-state index in [-0.39, 0.29) is 17.9 Å². The highest BCUT2D eigenvalue weighted by Crippen LogP contribution is 2.27. The number of hydrogen-bond donors (Lipinski definition) is 3. The third kappa shape index (κ3) is 8.06. The van der Waals surface area contributed by atoms with Crippen molar-refractivity contribution in [3.05, 3.63) is 26.6 Å². The Balaban J connectivity index is 1.74. The first-order valence-corrected chi connectivity index (χ1v) is 11.8. The maximum absolute atomic E-state index is 12.6. The van der Waals surface area contributed by atoms with Crippen LogP contribution < -0.4 is 10.9 Å². The van der Waals surface area contributed by atoms with E-state index in [4.69, 9.17) is 5.11 Å². The molecule has 0 saturated heterocycles. The maximum Gasteiger partial charge on any atom is 0.303 e. The molecule has 0 atom stereocenters. The number of amides is 1. The molecule has 0 unspecified atom stereocenters. The lowest BCUT2D eigenvalue weighted by atomic mass is 10.1. The van der Waals surface area contributed by atoms with Gasteiger partial charge in [0.1, 0.15) is 10.7 Å². The monoisotopic (exact) mass is 450 g/mol. The first kappa shape index (κ1) is 25.0. The summed E-state index contributed by atoms with van der Waals surface area (Å²) in [5.41, 5.74) is 0.489. The number of aromatic nitrogens is 2. The molecule has 0 radical (unpaired) electrons. The van der Waals surface area contributed by atoms with Gasteiger partial charge < -0.3 is 20.3 Å². The number of carboxylic acids is 1. The van der Waals surface area contributed by atoms with Gasteiger partial charge in [0.05, 0.1) is 16.8 Å². The van der Waals surface area contributed by atoms with Crippen LogP contribution in [0.3, 0.4) is 0 Å². The smallest absolute Gasteiger partial charge is 0.303 e. The molecular weight excluding hydrogens is 416 g/mol. The zero-order valence-corrected chi connectivity index (χ0v) is 19.6. The number of thiophene rings is 1. The standard InChI is InChI=1S/C22H34N4O4S/c1-15-18-20(29)24-16(14-26(2)3)25-22(18)31-19(15)21(30)23-13-11-9-7-5-4-6-8-10-12-17(27)28/h4-14H2,1-3H3,(H,23,30)(H,27,28)(H,24,25,29). The molecule has 9 heteroatoms. The van der Waals surface area contributed by atoms with Crippen molar-refractivity contribution < 1.29 is 14.7 Å². The van der Waals surface area contributed by atoms with Crippen LogP contribution in [0.1, 0.15) is 78.8 Å². The number of aromatic amines is 1. The molecule has 2 heterocycles. The van der Waals surface area contributed by atoms with Gasteiger partial charge in [0, 0.05) is 13.0 Å². The summed E-state index contributed by atoms with van der Waals surface area (Å²) in [6, 6.07) is 0. The predicted molar refractivity (Wildman–Crippen MR) is 124 cm³/mol. The van der Waals surface area contributed by atoms with Crippen LogP contribution >= 0.6 is 11.3 Å². The number of unbranched alkanes of at least 4 members (excludes halogenated alkanes) is 7. The second kappa shape index (κ2) is 12.6. The minimum Gasteiger partial charge on any atom is -0.481 e. The number of carbonyl (C=O) groups excluding carboxylic acids is 1. The summed E-state index contributed by atoms with van der Waals surface area (Å²) < 4.78 is 0. The third-order valence-electron chi connectivity index (χ3n) is 5.12. The Morgan fingerprint density at radius 1 is 1.06 bits per heavy atom. The van der Waals surface area contributed by atoms with Gasteiger partial charge in [-0.2, -0.15) is 0 Å². The Kier molecular flexibility index (Phi) is 10.1. The molecule has 2 rings (SSSR count). The molecule has 0 fully saturated rings. The molecule has 8 nitrogen and oxygen atoms in total. The van der Waals surface area contributed by atoms with Gasteiger partial charge in [0.15, 0.2) is 0 Å². The summed E-state index contributed by atoms with van der Waals surface area (Å²) in [5, 5.41) is 12.1. The molecule has 0 saturated carbocycles. The molecule has 0 aliphatic heterocycles. The molecule has 0 aliphatic carbocycles. The fraction of sp³-hybridized carbons (Fsp3) is 0.636. The number of aliphatic carboxylic acids is 1. The van der Waals surface area contributed by atoms with E-state index in [0.29, 0.717) is 39.6 Å². The number of carbonyl (C=O) groups is 2. The van der Waals surface area contributed by atoms with Crippen LogP contribution in [0.15, 0.2) is 4.79 Å². The van der Waals surface area contributed by atoms with Gasteiger partial charge in [-0.1, -0.05) is 38.5 Å². The van der Waals surface area contributed by atoms with Crippen molar-refractivity contribution in [2.45, 2.75) is 71.3 Å². The van der Waals surface area contributed by atoms with Gasteiger partial charge in [-0.3, -0.25) is 14.4 Å². The van der Waals surface area contributed by atoms with E-state index < -0.39 is 5.97 Å². The van der Waals surface area contributed by atoms with Crippen LogP contribution in [-0.4, -0.2) is 52.5 Å². The Bertz CT molecular complexity index is 935. The first-order valence-electron chi connectivity index (χ1n) is 11.0.